The van der Waals surface area contributed by atoms with E-state index in [0.29, 0.717) is 10.6 Å². The van der Waals surface area contributed by atoms with Crippen molar-refractivity contribution >= 4 is 23.5 Å². The minimum absolute atomic E-state index is 0.262. The molecule has 0 saturated carbocycles. The lowest BCUT2D eigenvalue weighted by atomic mass is 9.70. The van der Waals surface area contributed by atoms with E-state index in [1.165, 1.54) is 41.2 Å². The van der Waals surface area contributed by atoms with E-state index in [1.54, 1.807) is 0 Å². The Bertz CT molecular complexity index is 671. The number of imidazole rings is 1. The van der Waals surface area contributed by atoms with E-state index >= 15 is 0 Å². The summed E-state index contributed by atoms with van der Waals surface area (Å²) < 4.78 is 3.01. The Morgan fingerprint density at radius 2 is 1.95 bits per heavy atom. The molecule has 4 rings (SSSR count). The minimum Gasteiger partial charge on any atom is -0.325 e. The summed E-state index contributed by atoms with van der Waals surface area (Å²) in [5, 5.41) is 0. The highest BCUT2D eigenvalue weighted by atomic mass is 32.2. The van der Waals surface area contributed by atoms with Crippen molar-refractivity contribution in [1.29, 1.82) is 0 Å². The molecule has 2 aromatic rings. The highest BCUT2D eigenvalue weighted by Crippen LogP contribution is 2.50. The fraction of sp³-hybridized carbons (Fsp3) is 0.500. The minimum atomic E-state index is 0.262. The van der Waals surface area contributed by atoms with Crippen LogP contribution in [0.2, 0.25) is 0 Å². The molecule has 1 unspecified atom stereocenters. The molecule has 22 heavy (non-hydrogen) atoms. The van der Waals surface area contributed by atoms with Crippen LogP contribution >= 0.6 is 23.5 Å². The van der Waals surface area contributed by atoms with Crippen LogP contribution in [0.1, 0.15) is 47.7 Å². The van der Waals surface area contributed by atoms with Crippen LogP contribution in [0.3, 0.4) is 0 Å². The van der Waals surface area contributed by atoms with E-state index in [9.17, 15) is 0 Å². The molecule has 0 radical (unpaired) electrons. The number of aromatic nitrogens is 2. The number of hydrogen-bond acceptors (Lipinski definition) is 3. The molecule has 0 amide bonds. The zero-order valence-electron chi connectivity index (χ0n) is 13.2. The number of benzene rings is 1. The average Bonchev–Trinajstić information content (AvgIpc) is 3.17. The number of fused-ring (bicyclic) bond motifs is 1. The predicted molar refractivity (Wildman–Crippen MR) is 96.6 cm³/mol. The van der Waals surface area contributed by atoms with Gasteiger partial charge in [-0.3, -0.25) is 0 Å². The lowest BCUT2D eigenvalue weighted by molar-refractivity contribution is 0.214. The van der Waals surface area contributed by atoms with E-state index in [-0.39, 0.29) is 5.41 Å². The quantitative estimate of drug-likeness (QED) is 0.778. The van der Waals surface area contributed by atoms with Crippen LogP contribution in [-0.2, 0) is 6.42 Å². The first-order chi connectivity index (χ1) is 10.7. The summed E-state index contributed by atoms with van der Waals surface area (Å²) in [4.78, 5) is 4.52. The van der Waals surface area contributed by atoms with Gasteiger partial charge < -0.3 is 4.57 Å². The molecule has 116 valence electrons. The van der Waals surface area contributed by atoms with E-state index in [2.05, 4.69) is 83.7 Å². The van der Waals surface area contributed by atoms with Gasteiger partial charge in [-0.2, -0.15) is 0 Å². The molecule has 1 aliphatic heterocycles. The molecule has 1 aromatic heterocycles. The molecule has 0 bridgehead atoms. The maximum Gasteiger partial charge on any atom is 0.0954 e. The van der Waals surface area contributed by atoms with Crippen LogP contribution in [0.4, 0.5) is 0 Å². The lowest BCUT2D eigenvalue weighted by Crippen LogP contribution is -2.33. The van der Waals surface area contributed by atoms with Gasteiger partial charge in [0.25, 0.3) is 0 Å². The summed E-state index contributed by atoms with van der Waals surface area (Å²) >= 11 is 4.12. The van der Waals surface area contributed by atoms with Gasteiger partial charge in [0.05, 0.1) is 28.8 Å². The Kier molecular flexibility index (Phi) is 3.77. The van der Waals surface area contributed by atoms with Gasteiger partial charge in [-0.05, 0) is 29.4 Å². The monoisotopic (exact) mass is 330 g/mol. The first-order valence-electron chi connectivity index (χ1n) is 7.99. The van der Waals surface area contributed by atoms with Crippen molar-refractivity contribution in [1.82, 2.24) is 9.55 Å². The van der Waals surface area contributed by atoms with Crippen molar-refractivity contribution in [2.45, 2.75) is 37.3 Å². The third-order valence-corrected chi connectivity index (χ3v) is 8.01. The smallest absolute Gasteiger partial charge is 0.0954 e. The Morgan fingerprint density at radius 3 is 2.77 bits per heavy atom. The highest BCUT2D eigenvalue weighted by molar-refractivity contribution is 8.19. The molecule has 2 nitrogen and oxygen atoms in total. The lowest BCUT2D eigenvalue weighted by Gasteiger charge is -2.41. The third kappa shape index (κ3) is 2.41. The van der Waals surface area contributed by atoms with Crippen LogP contribution in [0.15, 0.2) is 36.8 Å². The second kappa shape index (κ2) is 5.64. The van der Waals surface area contributed by atoms with Crippen molar-refractivity contribution in [3.63, 3.8) is 0 Å². The molecule has 1 aliphatic carbocycles. The van der Waals surface area contributed by atoms with E-state index in [4.69, 9.17) is 0 Å². The van der Waals surface area contributed by atoms with Crippen LogP contribution in [-0.4, -0.2) is 21.1 Å². The van der Waals surface area contributed by atoms with E-state index < -0.39 is 0 Å². The van der Waals surface area contributed by atoms with Gasteiger partial charge in [0.1, 0.15) is 0 Å². The van der Waals surface area contributed by atoms with Crippen molar-refractivity contribution in [3.8, 4) is 0 Å². The molecule has 2 aliphatic rings. The van der Waals surface area contributed by atoms with Gasteiger partial charge in [-0.15, -0.1) is 23.5 Å². The number of nitrogens with zero attached hydrogens (tertiary/aromatic N) is 2. The molecule has 1 fully saturated rings. The van der Waals surface area contributed by atoms with E-state index in [1.807, 2.05) is 0 Å². The van der Waals surface area contributed by atoms with Gasteiger partial charge >= 0.3 is 0 Å². The highest BCUT2D eigenvalue weighted by Gasteiger charge is 2.38. The first-order valence-corrected chi connectivity index (χ1v) is 10.1. The SMILES string of the molecule is CC1(C)CCc2ccccc2C1n1cncc1C1SCCS1. The van der Waals surface area contributed by atoms with Crippen LogP contribution in [0.5, 0.6) is 0 Å². The molecular formula is C18H22N2S2. The summed E-state index contributed by atoms with van der Waals surface area (Å²) in [7, 11) is 0. The number of thioether (sulfide) groups is 2. The second-order valence-electron chi connectivity index (χ2n) is 6.89. The molecule has 1 aromatic carbocycles. The molecule has 2 heterocycles. The van der Waals surface area contributed by atoms with Crippen molar-refractivity contribution in [2.24, 2.45) is 5.41 Å². The Labute approximate surface area is 141 Å². The van der Waals surface area contributed by atoms with Gasteiger partial charge in [0, 0.05) is 11.5 Å². The van der Waals surface area contributed by atoms with Gasteiger partial charge in [0.2, 0.25) is 0 Å². The standard InChI is InChI=1S/C18H22N2S2/c1-18(2)8-7-13-5-3-4-6-14(13)16(18)20-12-19-11-15(20)17-21-9-10-22-17/h3-6,11-12,16-17H,7-10H2,1-2H3. The van der Waals surface area contributed by atoms with Crippen LogP contribution in [0, 0.1) is 5.41 Å². The van der Waals surface area contributed by atoms with Crippen molar-refractivity contribution in [3.05, 3.63) is 53.6 Å². The Balaban J connectivity index is 1.82. The van der Waals surface area contributed by atoms with Gasteiger partial charge in [-0.25, -0.2) is 4.98 Å². The molecule has 0 spiro atoms. The predicted octanol–water partition coefficient (Wildman–Crippen LogP) is 4.92. The summed E-state index contributed by atoms with van der Waals surface area (Å²) in [5.74, 6) is 2.51. The Morgan fingerprint density at radius 1 is 1.18 bits per heavy atom. The second-order valence-corrected chi connectivity index (χ2v) is 9.61. The number of aryl methyl sites for hydroxylation is 1. The largest absolute Gasteiger partial charge is 0.325 e. The van der Waals surface area contributed by atoms with Crippen LogP contribution < -0.4 is 0 Å². The topological polar surface area (TPSA) is 17.8 Å². The molecule has 1 saturated heterocycles. The third-order valence-electron chi connectivity index (χ3n) is 4.97. The fourth-order valence-electron chi connectivity index (χ4n) is 3.81. The average molecular weight is 331 g/mol. The summed E-state index contributed by atoms with van der Waals surface area (Å²) in [6, 6.07) is 9.37. The summed E-state index contributed by atoms with van der Waals surface area (Å²) in [6.07, 6.45) is 6.57. The molecule has 4 heteroatoms. The van der Waals surface area contributed by atoms with Crippen molar-refractivity contribution < 1.29 is 0 Å². The van der Waals surface area contributed by atoms with Crippen LogP contribution in [0.25, 0.3) is 0 Å². The molecule has 1 atom stereocenters. The van der Waals surface area contributed by atoms with Crippen molar-refractivity contribution in [2.75, 3.05) is 11.5 Å². The van der Waals surface area contributed by atoms with Gasteiger partial charge in [0.15, 0.2) is 0 Å². The maximum absolute atomic E-state index is 4.52. The maximum atomic E-state index is 4.52. The molecular weight excluding hydrogens is 308 g/mol. The van der Waals surface area contributed by atoms with E-state index in [0.717, 1.165) is 0 Å². The number of hydrogen-bond donors (Lipinski definition) is 0. The zero-order chi connectivity index (χ0) is 15.2. The summed E-state index contributed by atoms with van der Waals surface area (Å²) in [6.45, 7) is 4.82. The molecule has 0 N–H and O–H groups in total. The normalized spacial score (nSPS) is 24.4. The zero-order valence-corrected chi connectivity index (χ0v) is 14.8. The fourth-order valence-corrected chi connectivity index (χ4v) is 6.68. The summed E-state index contributed by atoms with van der Waals surface area (Å²) in [5.41, 5.74) is 4.66. The van der Waals surface area contributed by atoms with Gasteiger partial charge in [-0.1, -0.05) is 38.1 Å². The number of rotatable bonds is 2. The Hall–Kier alpha value is -0.870. The first kappa shape index (κ1) is 14.7.